The molecule has 7 rings (SSSR count). The largest absolute Gasteiger partial charge is 0.481 e. The Bertz CT molecular complexity index is 1740. The van der Waals surface area contributed by atoms with Gasteiger partial charge >= 0.3 is 5.97 Å². The van der Waals surface area contributed by atoms with Crippen LogP contribution in [0.1, 0.15) is 146 Å². The Morgan fingerprint density at radius 3 is 2.26 bits per heavy atom. The minimum atomic E-state index is -0.938. The number of nitrogens with zero attached hydrogens (tertiary/aromatic N) is 3. The number of terminal acetylenes is 1. The molecule has 0 radical (unpaired) electrons. The van der Waals surface area contributed by atoms with Gasteiger partial charge in [0, 0.05) is 30.5 Å². The van der Waals surface area contributed by atoms with Crippen LogP contribution in [0.2, 0.25) is 0 Å². The molecule has 1 aromatic heterocycles. The van der Waals surface area contributed by atoms with Gasteiger partial charge in [0.2, 0.25) is 0 Å². The summed E-state index contributed by atoms with van der Waals surface area (Å²) >= 11 is 0. The number of likely N-dealkylation sites (N-methyl/N-ethyl adjacent to an activating group) is 1. The van der Waals surface area contributed by atoms with Crippen molar-refractivity contribution >= 4 is 18.0 Å². The maximum Gasteiger partial charge on any atom is 0.304 e. The highest BCUT2D eigenvalue weighted by molar-refractivity contribution is 6.01. The van der Waals surface area contributed by atoms with Gasteiger partial charge in [0.05, 0.1) is 11.8 Å². The highest BCUT2D eigenvalue weighted by atomic mass is 19.1. The van der Waals surface area contributed by atoms with Crippen molar-refractivity contribution in [3.8, 4) is 24.2 Å². The van der Waals surface area contributed by atoms with Gasteiger partial charge in [0.1, 0.15) is 17.9 Å². The molecule has 0 amide bonds. The van der Waals surface area contributed by atoms with Crippen molar-refractivity contribution < 1.29 is 23.9 Å². The minimum Gasteiger partial charge on any atom is -0.481 e. The number of aromatic nitrogens is 3. The first kappa shape index (κ1) is 47.7. The van der Waals surface area contributed by atoms with Gasteiger partial charge in [-0.05, 0) is 134 Å². The summed E-state index contributed by atoms with van der Waals surface area (Å²) in [4.78, 5) is 34.2. The molecule has 0 aliphatic heterocycles. The molecule has 2 N–H and O–H groups in total. The molecule has 1 heterocycles. The Kier molecular flexibility index (Phi) is 16.3. The van der Waals surface area contributed by atoms with Gasteiger partial charge in [-0.2, -0.15) is 0 Å². The minimum absolute atomic E-state index is 0. The second-order valence-electron chi connectivity index (χ2n) is 18.3. The first-order valence-corrected chi connectivity index (χ1v) is 21.3. The molecule has 0 saturated heterocycles. The zero-order valence-electron chi connectivity index (χ0n) is 35.7. The van der Waals surface area contributed by atoms with Crippen molar-refractivity contribution in [3.05, 3.63) is 47.1 Å². The molecular weight excluding hydrogens is 716 g/mol. The fourth-order valence-electron chi connectivity index (χ4n) is 12.1. The predicted octanol–water partition coefficient (Wildman–Crippen LogP) is 10.5. The molecule has 316 valence electrons. The quantitative estimate of drug-likeness (QED) is 0.192. The van der Waals surface area contributed by atoms with Crippen LogP contribution in [-0.2, 0) is 26.3 Å². The van der Waals surface area contributed by atoms with Crippen LogP contribution in [-0.4, -0.2) is 51.5 Å². The van der Waals surface area contributed by atoms with Crippen LogP contribution >= 0.6 is 0 Å². The van der Waals surface area contributed by atoms with E-state index in [0.717, 1.165) is 54.0 Å². The highest BCUT2D eigenvalue weighted by Crippen LogP contribution is 2.71. The van der Waals surface area contributed by atoms with E-state index in [1.54, 1.807) is 26.0 Å². The number of carbonyl (C=O) groups is 3. The van der Waals surface area contributed by atoms with Crippen LogP contribution in [0.5, 0.6) is 0 Å². The van der Waals surface area contributed by atoms with E-state index < -0.39 is 16.8 Å². The zero-order chi connectivity index (χ0) is 41.6. The summed E-state index contributed by atoms with van der Waals surface area (Å²) in [6.07, 6.45) is 22.0. The zero-order valence-corrected chi connectivity index (χ0v) is 35.7. The highest BCUT2D eigenvalue weighted by Gasteiger charge is 2.64. The first-order chi connectivity index (χ1) is 26.6. The van der Waals surface area contributed by atoms with Crippen LogP contribution < -0.4 is 5.32 Å². The molecule has 7 atom stereocenters. The lowest BCUT2D eigenvalue weighted by molar-refractivity contribution is -0.148. The molecule has 5 aliphatic carbocycles. The maximum atomic E-state index is 14.1. The summed E-state index contributed by atoms with van der Waals surface area (Å²) in [7, 11) is 1.97. The number of carboxylic acid groups (broad SMARTS) is 1. The van der Waals surface area contributed by atoms with Gasteiger partial charge in [0.25, 0.3) is 0 Å². The Balaban J connectivity index is 0.000000546. The third-order valence-corrected chi connectivity index (χ3v) is 14.4. The van der Waals surface area contributed by atoms with Crippen molar-refractivity contribution in [2.75, 3.05) is 13.6 Å². The topological polar surface area (TPSA) is 114 Å². The van der Waals surface area contributed by atoms with Gasteiger partial charge in [0.15, 0.2) is 11.6 Å². The van der Waals surface area contributed by atoms with E-state index in [-0.39, 0.29) is 25.6 Å². The summed E-state index contributed by atoms with van der Waals surface area (Å²) in [5, 5.41) is 21.3. The standard InChI is InChI=1S/C37H51FN4O.C6H10O3.C2H6.C2H2.CH4/c1-23(2)31-29(43)22-37(34-41-40-33(42(34)21-20-39-5)24-9-11-26(38)12-10-24)19-16-28-27(32(31)37)13-14-30-35(3)17-7-6-8-25(35)15-18-36(28,30)4;1-6(2,4-7)3-5(8)9;2*1-2;/h9-12,23,25,27-28,30,39H,6-8,13-22H2,1-5H3;4H,3H2,1-2H3,(H,8,9);1-2H3;1-2H;1H4. The lowest BCUT2D eigenvalue weighted by Crippen LogP contribution is -2.58. The van der Waals surface area contributed by atoms with Crippen molar-refractivity contribution in [1.29, 1.82) is 0 Å². The third-order valence-electron chi connectivity index (χ3n) is 14.4. The number of carboxylic acids is 1. The molecule has 1 aromatic carbocycles. The van der Waals surface area contributed by atoms with Crippen LogP contribution in [0, 0.1) is 64.5 Å². The number of Topliss-reactive ketones (excluding diaryl/α,β-unsaturated/α-hetero) is 1. The number of aliphatic carboxylic acids is 1. The first-order valence-electron chi connectivity index (χ1n) is 21.3. The summed E-state index contributed by atoms with van der Waals surface area (Å²) in [5.41, 5.74) is 3.09. The number of aldehydes is 1. The van der Waals surface area contributed by atoms with E-state index in [1.165, 1.54) is 69.1 Å². The summed E-state index contributed by atoms with van der Waals surface area (Å²) in [5.74, 6) is 3.80. The van der Waals surface area contributed by atoms with E-state index >= 15 is 0 Å². The molecule has 0 spiro atoms. The number of benzene rings is 1. The number of allylic oxidation sites excluding steroid dienone is 2. The fraction of sp³-hybridized carbons (Fsp3) is 0.688. The molecule has 5 aliphatic rings. The van der Waals surface area contributed by atoms with Crippen LogP contribution in [0.3, 0.4) is 0 Å². The number of hydrogen-bond donors (Lipinski definition) is 2. The molecule has 2 aromatic rings. The number of rotatable bonds is 9. The summed E-state index contributed by atoms with van der Waals surface area (Å²) in [6.45, 7) is 18.4. The van der Waals surface area contributed by atoms with Crippen LogP contribution in [0.4, 0.5) is 4.39 Å². The second-order valence-corrected chi connectivity index (χ2v) is 18.3. The average molecular weight is 789 g/mol. The second kappa shape index (κ2) is 19.4. The molecule has 57 heavy (non-hydrogen) atoms. The van der Waals surface area contributed by atoms with E-state index in [2.05, 4.69) is 50.4 Å². The van der Waals surface area contributed by atoms with Gasteiger partial charge in [-0.3, -0.25) is 9.59 Å². The van der Waals surface area contributed by atoms with E-state index in [0.29, 0.717) is 47.7 Å². The van der Waals surface area contributed by atoms with Gasteiger partial charge in [-0.25, -0.2) is 4.39 Å². The fourth-order valence-corrected chi connectivity index (χ4v) is 12.1. The number of halogens is 1. The molecule has 7 unspecified atom stereocenters. The number of nitrogens with one attached hydrogen (secondary N) is 1. The Labute approximate surface area is 343 Å². The SMILES string of the molecule is C.C#C.CC.CC(C)(C=O)CC(=O)O.CNCCn1c(-c2ccc(F)cc2)nnc1C12CCC3C(CCC4C5(C)CCCCC5CCC34C)C1=C(C(C)C)C(=O)C2. The average Bonchev–Trinajstić information content (AvgIpc) is 3.74. The van der Waals surface area contributed by atoms with E-state index in [9.17, 15) is 18.8 Å². The normalized spacial score (nSPS) is 29.9. The number of ketones is 1. The molecule has 0 bridgehead atoms. The predicted molar refractivity (Wildman–Crippen MR) is 229 cm³/mol. The lowest BCUT2D eigenvalue weighted by atomic mass is 9.39. The molecule has 4 saturated carbocycles. The summed E-state index contributed by atoms with van der Waals surface area (Å²) < 4.78 is 16.1. The molecule has 9 heteroatoms. The van der Waals surface area contributed by atoms with Gasteiger partial charge in [-0.15, -0.1) is 23.0 Å². The lowest BCUT2D eigenvalue weighted by Gasteiger charge is -2.66. The molecule has 4 fully saturated rings. The van der Waals surface area contributed by atoms with Crippen LogP contribution in [0.15, 0.2) is 35.4 Å². The Morgan fingerprint density at radius 1 is 1.02 bits per heavy atom. The summed E-state index contributed by atoms with van der Waals surface area (Å²) in [6, 6.07) is 6.59. The number of carbonyl (C=O) groups excluding carboxylic acids is 2. The Morgan fingerprint density at radius 2 is 1.68 bits per heavy atom. The Hall–Kier alpha value is -3.64. The van der Waals surface area contributed by atoms with Crippen LogP contribution in [0.25, 0.3) is 11.4 Å². The van der Waals surface area contributed by atoms with E-state index in [1.807, 2.05) is 20.9 Å². The van der Waals surface area contributed by atoms with Gasteiger partial charge < -0.3 is 19.8 Å². The van der Waals surface area contributed by atoms with Crippen molar-refractivity contribution in [3.63, 3.8) is 0 Å². The molecular formula is C48H73FN4O4. The van der Waals surface area contributed by atoms with Crippen molar-refractivity contribution in [2.24, 2.45) is 45.8 Å². The smallest absolute Gasteiger partial charge is 0.304 e. The number of hydrogen-bond acceptors (Lipinski definition) is 6. The number of fused-ring (bicyclic) bond motifs is 7. The van der Waals surface area contributed by atoms with Crippen molar-refractivity contribution in [1.82, 2.24) is 20.1 Å². The third kappa shape index (κ3) is 9.02. The molecule has 8 nitrogen and oxygen atoms in total. The monoisotopic (exact) mass is 789 g/mol. The van der Waals surface area contributed by atoms with E-state index in [4.69, 9.17) is 15.3 Å². The van der Waals surface area contributed by atoms with Gasteiger partial charge in [-0.1, -0.05) is 75.7 Å². The maximum absolute atomic E-state index is 14.1. The van der Waals surface area contributed by atoms with Crippen molar-refractivity contribution in [2.45, 2.75) is 152 Å².